The quantitative estimate of drug-likeness (QED) is 0.885. The highest BCUT2D eigenvalue weighted by Gasteiger charge is 2.56. The van der Waals surface area contributed by atoms with Crippen molar-refractivity contribution in [3.8, 4) is 0 Å². The summed E-state index contributed by atoms with van der Waals surface area (Å²) in [5, 5.41) is 13.6. The first-order valence-corrected chi connectivity index (χ1v) is 7.35. The maximum Gasteiger partial charge on any atom is 0.310 e. The molecule has 108 valence electrons. The molecule has 0 saturated carbocycles. The molecule has 7 heteroatoms. The largest absolute Gasteiger partial charge is 0.481 e. The highest BCUT2D eigenvalue weighted by Crippen LogP contribution is 2.44. The van der Waals surface area contributed by atoms with Gasteiger partial charge in [-0.3, -0.25) is 9.59 Å². The fraction of sp³-hybridized carbons (Fsp3) is 0.615. The Labute approximate surface area is 124 Å². The molecule has 0 aromatic carbocycles. The number of carboxylic acids is 1. The lowest BCUT2D eigenvalue weighted by Crippen LogP contribution is -2.41. The molecule has 2 aliphatic rings. The van der Waals surface area contributed by atoms with E-state index in [2.05, 4.69) is 21.0 Å². The van der Waals surface area contributed by atoms with Gasteiger partial charge in [0, 0.05) is 0 Å². The predicted octanol–water partition coefficient (Wildman–Crippen LogP) is 1.78. The number of carboxylic acid groups (broad SMARTS) is 1. The lowest BCUT2D eigenvalue weighted by molar-refractivity contribution is -0.144. The lowest BCUT2D eigenvalue weighted by Gasteiger charge is -2.23. The summed E-state index contributed by atoms with van der Waals surface area (Å²) in [6.07, 6.45) is 0.820. The Bertz CT molecular complexity index is 597. The van der Waals surface area contributed by atoms with Crippen molar-refractivity contribution in [2.24, 2.45) is 11.8 Å². The highest BCUT2D eigenvalue weighted by molar-refractivity contribution is 9.10. The zero-order valence-electron chi connectivity index (χ0n) is 11.2. The third-order valence-electron chi connectivity index (χ3n) is 4.26. The van der Waals surface area contributed by atoms with Crippen LogP contribution < -0.4 is 0 Å². The smallest absolute Gasteiger partial charge is 0.310 e. The molecule has 2 saturated heterocycles. The van der Waals surface area contributed by atoms with E-state index in [1.54, 1.807) is 13.8 Å². The van der Waals surface area contributed by atoms with Gasteiger partial charge in [0.15, 0.2) is 0 Å². The summed E-state index contributed by atoms with van der Waals surface area (Å²) in [6.45, 7) is 3.58. The second kappa shape index (κ2) is 4.66. The Balaban J connectivity index is 1.97. The SMILES string of the molecule is Cc1nn(C(=O)[C@H]2[C@@H](C(=O)O)[C@@H]3CC[C@H]2O3)c(C)c1Br. The van der Waals surface area contributed by atoms with E-state index in [1.807, 2.05) is 0 Å². The van der Waals surface area contributed by atoms with Crippen molar-refractivity contribution in [1.29, 1.82) is 0 Å². The number of fused-ring (bicyclic) bond motifs is 2. The zero-order valence-corrected chi connectivity index (χ0v) is 12.8. The Morgan fingerprint density at radius 3 is 2.40 bits per heavy atom. The molecule has 0 aliphatic carbocycles. The van der Waals surface area contributed by atoms with E-state index < -0.39 is 17.8 Å². The van der Waals surface area contributed by atoms with Crippen molar-refractivity contribution in [3.05, 3.63) is 15.9 Å². The Hall–Kier alpha value is -1.21. The average molecular weight is 343 g/mol. The highest BCUT2D eigenvalue weighted by atomic mass is 79.9. The average Bonchev–Trinajstić information content (AvgIpc) is 3.07. The van der Waals surface area contributed by atoms with Crippen molar-refractivity contribution < 1.29 is 19.4 Å². The van der Waals surface area contributed by atoms with Crippen LogP contribution in [0.25, 0.3) is 0 Å². The molecule has 3 rings (SSSR count). The minimum atomic E-state index is -0.962. The van der Waals surface area contributed by atoms with Gasteiger partial charge in [0.2, 0.25) is 0 Å². The molecule has 1 aromatic rings. The van der Waals surface area contributed by atoms with Crippen LogP contribution in [0.1, 0.15) is 29.0 Å². The molecule has 0 amide bonds. The maximum atomic E-state index is 12.7. The first-order chi connectivity index (χ1) is 9.41. The molecule has 2 aliphatic heterocycles. The Morgan fingerprint density at radius 1 is 1.30 bits per heavy atom. The Kier molecular flexibility index (Phi) is 3.21. The number of nitrogens with zero attached hydrogens (tertiary/aromatic N) is 2. The van der Waals surface area contributed by atoms with Crippen LogP contribution in [-0.2, 0) is 9.53 Å². The molecular formula is C13H15BrN2O4. The number of aryl methyl sites for hydroxylation is 1. The van der Waals surface area contributed by atoms with Crippen LogP contribution >= 0.6 is 15.9 Å². The van der Waals surface area contributed by atoms with E-state index >= 15 is 0 Å². The number of ether oxygens (including phenoxy) is 1. The zero-order chi connectivity index (χ0) is 14.6. The molecule has 0 radical (unpaired) electrons. The number of hydrogen-bond donors (Lipinski definition) is 1. The number of rotatable bonds is 2. The first kappa shape index (κ1) is 13.8. The van der Waals surface area contributed by atoms with E-state index in [9.17, 15) is 14.7 Å². The molecule has 4 atom stereocenters. The second-order valence-electron chi connectivity index (χ2n) is 5.41. The van der Waals surface area contributed by atoms with Gasteiger partial charge >= 0.3 is 5.97 Å². The van der Waals surface area contributed by atoms with E-state index in [1.165, 1.54) is 4.68 Å². The van der Waals surface area contributed by atoms with Crippen molar-refractivity contribution in [3.63, 3.8) is 0 Å². The van der Waals surface area contributed by atoms with Crippen LogP contribution in [0, 0.1) is 25.7 Å². The first-order valence-electron chi connectivity index (χ1n) is 6.56. The van der Waals surface area contributed by atoms with Crippen LogP contribution in [0.5, 0.6) is 0 Å². The van der Waals surface area contributed by atoms with Gasteiger partial charge in [0.1, 0.15) is 0 Å². The third-order valence-corrected chi connectivity index (χ3v) is 5.40. The molecule has 0 spiro atoms. The van der Waals surface area contributed by atoms with Crippen LogP contribution in [0.3, 0.4) is 0 Å². The van der Waals surface area contributed by atoms with Gasteiger partial charge in [0.25, 0.3) is 5.91 Å². The van der Waals surface area contributed by atoms with Crippen LogP contribution in [0.15, 0.2) is 4.47 Å². The number of hydrogen-bond acceptors (Lipinski definition) is 4. The normalized spacial score (nSPS) is 31.8. The van der Waals surface area contributed by atoms with E-state index in [-0.39, 0.29) is 18.1 Å². The summed E-state index contributed by atoms with van der Waals surface area (Å²) < 4.78 is 7.71. The maximum absolute atomic E-state index is 12.7. The minimum Gasteiger partial charge on any atom is -0.481 e. The molecular weight excluding hydrogens is 328 g/mol. The van der Waals surface area contributed by atoms with Crippen LogP contribution in [0.4, 0.5) is 0 Å². The number of carbonyl (C=O) groups excluding carboxylic acids is 1. The summed E-state index contributed by atoms with van der Waals surface area (Å²) in [5.41, 5.74) is 1.41. The standard InChI is InChI=1S/C13H15BrN2O4/c1-5-11(14)6(2)16(15-5)12(17)9-7-3-4-8(20-7)10(9)13(18)19/h7-10H,3-4H2,1-2H3,(H,18,19)/t7-,8+,9-,10+/m1/s1. The van der Waals surface area contributed by atoms with Gasteiger partial charge in [-0.2, -0.15) is 5.10 Å². The van der Waals surface area contributed by atoms with E-state index in [0.717, 1.165) is 10.9 Å². The third kappa shape index (κ3) is 1.83. The summed E-state index contributed by atoms with van der Waals surface area (Å²) in [7, 11) is 0. The van der Waals surface area contributed by atoms with Gasteiger partial charge in [0.05, 0.1) is 39.9 Å². The van der Waals surface area contributed by atoms with Gasteiger partial charge < -0.3 is 9.84 Å². The summed E-state index contributed by atoms with van der Waals surface area (Å²) >= 11 is 3.38. The molecule has 1 N–H and O–H groups in total. The molecule has 2 bridgehead atoms. The second-order valence-corrected chi connectivity index (χ2v) is 6.21. The monoisotopic (exact) mass is 342 g/mol. The minimum absolute atomic E-state index is 0.282. The number of aliphatic carboxylic acids is 1. The topological polar surface area (TPSA) is 81.4 Å². The number of carbonyl (C=O) groups is 2. The molecule has 3 heterocycles. The summed E-state index contributed by atoms with van der Waals surface area (Å²) in [5.74, 6) is -2.65. The van der Waals surface area contributed by atoms with E-state index in [4.69, 9.17) is 4.74 Å². The van der Waals surface area contributed by atoms with Gasteiger partial charge in [-0.05, 0) is 42.6 Å². The molecule has 0 unspecified atom stereocenters. The molecule has 20 heavy (non-hydrogen) atoms. The van der Waals surface area contributed by atoms with Gasteiger partial charge in [-0.15, -0.1) is 0 Å². The number of halogens is 1. The van der Waals surface area contributed by atoms with Crippen molar-refractivity contribution in [2.75, 3.05) is 0 Å². The molecule has 1 aromatic heterocycles. The lowest BCUT2D eigenvalue weighted by atomic mass is 9.79. The van der Waals surface area contributed by atoms with Crippen molar-refractivity contribution >= 4 is 27.8 Å². The summed E-state index contributed by atoms with van der Waals surface area (Å²) in [6, 6.07) is 0. The van der Waals surface area contributed by atoms with Crippen LogP contribution in [-0.4, -0.2) is 39.0 Å². The summed E-state index contributed by atoms with van der Waals surface area (Å²) in [4.78, 5) is 24.1. The van der Waals surface area contributed by atoms with Gasteiger partial charge in [-0.1, -0.05) is 0 Å². The Morgan fingerprint density at radius 2 is 1.90 bits per heavy atom. The molecule has 2 fully saturated rings. The fourth-order valence-electron chi connectivity index (χ4n) is 3.28. The van der Waals surface area contributed by atoms with E-state index in [0.29, 0.717) is 17.8 Å². The van der Waals surface area contributed by atoms with Crippen molar-refractivity contribution in [1.82, 2.24) is 9.78 Å². The van der Waals surface area contributed by atoms with Gasteiger partial charge in [-0.25, -0.2) is 4.68 Å². The fourth-order valence-corrected chi connectivity index (χ4v) is 3.53. The predicted molar refractivity (Wildman–Crippen MR) is 72.5 cm³/mol. The molecule has 6 nitrogen and oxygen atoms in total. The van der Waals surface area contributed by atoms with Crippen LogP contribution in [0.2, 0.25) is 0 Å². The van der Waals surface area contributed by atoms with Crippen molar-refractivity contribution in [2.45, 2.75) is 38.9 Å². The number of aromatic nitrogens is 2.